The fourth-order valence-electron chi connectivity index (χ4n) is 2.46. The predicted molar refractivity (Wildman–Crippen MR) is 84.9 cm³/mol. The second kappa shape index (κ2) is 7.34. The minimum Gasteiger partial charge on any atom is -0.356 e. The van der Waals surface area contributed by atoms with E-state index in [1.807, 2.05) is 6.92 Å². The lowest BCUT2D eigenvalue weighted by atomic mass is 10.1. The van der Waals surface area contributed by atoms with E-state index in [0.717, 1.165) is 4.52 Å². The molecule has 0 aliphatic carbocycles. The number of fused-ring (bicyclic) bond motifs is 1. The van der Waals surface area contributed by atoms with Crippen LogP contribution < -0.4 is 11.1 Å². The second-order valence-corrected chi connectivity index (χ2v) is 6.02. The molecule has 0 radical (unpaired) electrons. The molecule has 138 valence electrons. The number of carbonyl (C=O) groups excluding carboxylic acids is 1. The van der Waals surface area contributed by atoms with Crippen molar-refractivity contribution >= 4 is 11.7 Å². The molecular formula is C15H21F3N6O. The summed E-state index contributed by atoms with van der Waals surface area (Å²) in [5.41, 5.74) is 7.33. The van der Waals surface area contributed by atoms with Crippen molar-refractivity contribution in [3.8, 4) is 0 Å². The van der Waals surface area contributed by atoms with Crippen LogP contribution in [0.3, 0.4) is 0 Å². The van der Waals surface area contributed by atoms with E-state index in [2.05, 4.69) is 20.4 Å². The SMILES string of the molecule is Cc1nc2nc(C(F)(F)F)nn2c(C)c1CCC(=O)NCCC(C)N. The number of aryl methyl sites for hydroxylation is 2. The zero-order valence-corrected chi connectivity index (χ0v) is 14.3. The summed E-state index contributed by atoms with van der Waals surface area (Å²) in [7, 11) is 0. The van der Waals surface area contributed by atoms with Crippen molar-refractivity contribution in [2.75, 3.05) is 6.54 Å². The van der Waals surface area contributed by atoms with Crippen LogP contribution in [0.15, 0.2) is 0 Å². The van der Waals surface area contributed by atoms with Gasteiger partial charge in [0.25, 0.3) is 11.6 Å². The Morgan fingerprint density at radius 3 is 2.60 bits per heavy atom. The maximum atomic E-state index is 12.8. The molecule has 7 nitrogen and oxygen atoms in total. The Hall–Kier alpha value is -2.23. The summed E-state index contributed by atoms with van der Waals surface area (Å²) in [6.07, 6.45) is -3.40. The van der Waals surface area contributed by atoms with Gasteiger partial charge in [-0.15, -0.1) is 5.10 Å². The van der Waals surface area contributed by atoms with Crippen molar-refractivity contribution in [2.24, 2.45) is 5.73 Å². The molecular weight excluding hydrogens is 337 g/mol. The minimum atomic E-state index is -4.63. The summed E-state index contributed by atoms with van der Waals surface area (Å²) < 4.78 is 39.3. The summed E-state index contributed by atoms with van der Waals surface area (Å²) in [5, 5.41) is 6.25. The van der Waals surface area contributed by atoms with Crippen molar-refractivity contribution in [3.63, 3.8) is 0 Å². The number of nitrogens with one attached hydrogen (secondary N) is 1. The van der Waals surface area contributed by atoms with E-state index in [0.29, 0.717) is 36.3 Å². The number of hydrogen-bond donors (Lipinski definition) is 2. The summed E-state index contributed by atoms with van der Waals surface area (Å²) >= 11 is 0. The molecule has 0 fully saturated rings. The van der Waals surface area contributed by atoms with E-state index in [-0.39, 0.29) is 24.1 Å². The lowest BCUT2D eigenvalue weighted by molar-refractivity contribution is -0.144. The average Bonchev–Trinajstić information content (AvgIpc) is 2.90. The highest BCUT2D eigenvalue weighted by atomic mass is 19.4. The topological polar surface area (TPSA) is 98.2 Å². The monoisotopic (exact) mass is 358 g/mol. The van der Waals surface area contributed by atoms with E-state index >= 15 is 0 Å². The van der Waals surface area contributed by atoms with Crippen LogP contribution in [-0.4, -0.2) is 38.1 Å². The largest absolute Gasteiger partial charge is 0.453 e. The summed E-state index contributed by atoms with van der Waals surface area (Å²) in [4.78, 5) is 19.4. The summed E-state index contributed by atoms with van der Waals surface area (Å²) in [6.45, 7) is 5.66. The van der Waals surface area contributed by atoms with Gasteiger partial charge in [0, 0.05) is 30.4 Å². The zero-order valence-electron chi connectivity index (χ0n) is 14.3. The molecule has 2 aromatic rings. The van der Waals surface area contributed by atoms with Crippen LogP contribution in [0.2, 0.25) is 0 Å². The van der Waals surface area contributed by atoms with Gasteiger partial charge in [-0.3, -0.25) is 4.79 Å². The Balaban J connectivity index is 2.14. The molecule has 0 aliphatic rings. The highest BCUT2D eigenvalue weighted by Gasteiger charge is 2.36. The smallest absolute Gasteiger partial charge is 0.356 e. The third-order valence-corrected chi connectivity index (χ3v) is 3.83. The molecule has 2 heterocycles. The number of aromatic nitrogens is 4. The van der Waals surface area contributed by atoms with Gasteiger partial charge in [-0.25, -0.2) is 9.50 Å². The van der Waals surface area contributed by atoms with Crippen LogP contribution in [0.25, 0.3) is 5.78 Å². The maximum absolute atomic E-state index is 12.8. The summed E-state index contributed by atoms with van der Waals surface area (Å²) in [6, 6.07) is 0.00606. The number of nitrogens with zero attached hydrogens (tertiary/aromatic N) is 4. The van der Waals surface area contributed by atoms with Crippen molar-refractivity contribution < 1.29 is 18.0 Å². The molecule has 2 rings (SSSR count). The molecule has 2 aromatic heterocycles. The fraction of sp³-hybridized carbons (Fsp3) is 0.600. The normalized spacial score (nSPS) is 13.2. The Labute approximate surface area is 142 Å². The molecule has 1 amide bonds. The van der Waals surface area contributed by atoms with Gasteiger partial charge in [0.1, 0.15) is 0 Å². The van der Waals surface area contributed by atoms with Gasteiger partial charge in [0.05, 0.1) is 0 Å². The number of carbonyl (C=O) groups is 1. The van der Waals surface area contributed by atoms with Crippen LogP contribution in [0.5, 0.6) is 0 Å². The van der Waals surface area contributed by atoms with Gasteiger partial charge in [0.15, 0.2) is 0 Å². The number of amides is 1. The molecule has 0 spiro atoms. The van der Waals surface area contributed by atoms with Gasteiger partial charge < -0.3 is 11.1 Å². The van der Waals surface area contributed by atoms with E-state index in [1.165, 1.54) is 0 Å². The van der Waals surface area contributed by atoms with Crippen molar-refractivity contribution in [1.29, 1.82) is 0 Å². The van der Waals surface area contributed by atoms with Crippen LogP contribution in [-0.2, 0) is 17.4 Å². The zero-order chi connectivity index (χ0) is 18.8. The number of halogens is 3. The number of rotatable bonds is 6. The van der Waals surface area contributed by atoms with E-state index in [9.17, 15) is 18.0 Å². The molecule has 0 bridgehead atoms. The lowest BCUT2D eigenvalue weighted by Gasteiger charge is -2.11. The number of nitrogens with two attached hydrogens (primary N) is 1. The molecule has 0 aromatic carbocycles. The Morgan fingerprint density at radius 1 is 1.32 bits per heavy atom. The molecule has 3 N–H and O–H groups in total. The predicted octanol–water partition coefficient (Wildman–Crippen LogP) is 1.55. The van der Waals surface area contributed by atoms with Gasteiger partial charge in [-0.1, -0.05) is 0 Å². The third-order valence-electron chi connectivity index (χ3n) is 3.83. The van der Waals surface area contributed by atoms with Gasteiger partial charge in [-0.05, 0) is 39.2 Å². The lowest BCUT2D eigenvalue weighted by Crippen LogP contribution is -2.29. The fourth-order valence-corrected chi connectivity index (χ4v) is 2.46. The standard InChI is InChI=1S/C15H21F3N6O/c1-8(19)6-7-20-12(25)5-4-11-9(2)21-14-22-13(15(16,17)18)23-24(14)10(11)3/h8H,4-7,19H2,1-3H3,(H,20,25). The molecule has 0 saturated heterocycles. The van der Waals surface area contributed by atoms with Crippen molar-refractivity contribution in [3.05, 3.63) is 22.8 Å². The van der Waals surface area contributed by atoms with Gasteiger partial charge in [-0.2, -0.15) is 18.2 Å². The maximum Gasteiger partial charge on any atom is 0.453 e. The molecule has 1 atom stereocenters. The highest BCUT2D eigenvalue weighted by Crippen LogP contribution is 2.27. The van der Waals surface area contributed by atoms with Gasteiger partial charge >= 0.3 is 6.18 Å². The Bertz CT molecular complexity index is 769. The first-order valence-electron chi connectivity index (χ1n) is 7.92. The van der Waals surface area contributed by atoms with Crippen LogP contribution in [0.4, 0.5) is 13.2 Å². The first kappa shape index (κ1) is 19.1. The van der Waals surface area contributed by atoms with Gasteiger partial charge in [0.2, 0.25) is 5.91 Å². The molecule has 0 aliphatic heterocycles. The van der Waals surface area contributed by atoms with Crippen molar-refractivity contribution in [1.82, 2.24) is 24.9 Å². The van der Waals surface area contributed by atoms with E-state index in [1.54, 1.807) is 13.8 Å². The van der Waals surface area contributed by atoms with Crippen LogP contribution >= 0.6 is 0 Å². The first-order valence-corrected chi connectivity index (χ1v) is 7.92. The second-order valence-electron chi connectivity index (χ2n) is 6.02. The molecule has 0 saturated carbocycles. The average molecular weight is 358 g/mol. The van der Waals surface area contributed by atoms with E-state index < -0.39 is 12.0 Å². The Kier molecular flexibility index (Phi) is 5.61. The molecule has 25 heavy (non-hydrogen) atoms. The molecule has 1 unspecified atom stereocenters. The number of alkyl halides is 3. The Morgan fingerprint density at radius 2 is 2.00 bits per heavy atom. The van der Waals surface area contributed by atoms with Crippen LogP contribution in [0.1, 0.15) is 42.5 Å². The first-order chi connectivity index (χ1) is 11.6. The number of hydrogen-bond acceptors (Lipinski definition) is 5. The quantitative estimate of drug-likeness (QED) is 0.816. The van der Waals surface area contributed by atoms with Crippen molar-refractivity contribution in [2.45, 2.75) is 52.3 Å². The van der Waals surface area contributed by atoms with Crippen LogP contribution in [0, 0.1) is 13.8 Å². The molecule has 10 heteroatoms. The summed E-state index contributed by atoms with van der Waals surface area (Å²) in [5.74, 6) is -1.48. The minimum absolute atomic E-state index is 0.00606. The highest BCUT2D eigenvalue weighted by molar-refractivity contribution is 5.76. The van der Waals surface area contributed by atoms with E-state index in [4.69, 9.17) is 5.73 Å². The third kappa shape index (κ3) is 4.65.